The van der Waals surface area contributed by atoms with Gasteiger partial charge in [-0.1, -0.05) is 52.7 Å². The summed E-state index contributed by atoms with van der Waals surface area (Å²) < 4.78 is 277. The number of hydrogen-bond acceptors (Lipinski definition) is 18. The number of nitrogens with zero attached hydrogens (tertiary/aromatic N) is 6. The van der Waals surface area contributed by atoms with Crippen molar-refractivity contribution in [1.29, 1.82) is 0 Å². The van der Waals surface area contributed by atoms with Gasteiger partial charge in [-0.25, -0.2) is 17.8 Å². The van der Waals surface area contributed by atoms with Crippen LogP contribution < -0.4 is 5.32 Å². The first-order chi connectivity index (χ1) is 46.0. The first-order valence-corrected chi connectivity index (χ1v) is 33.6. The molecule has 1 amide bonds. The number of aromatic nitrogens is 1. The van der Waals surface area contributed by atoms with Crippen molar-refractivity contribution in [1.82, 2.24) is 34.2 Å². The van der Waals surface area contributed by atoms with E-state index in [4.69, 9.17) is 4.74 Å². The third-order valence-electron chi connectivity index (χ3n) is 16.8. The fraction of sp³-hybridized carbons (Fsp3) is 0.780. The molecular formula is C59H85F18GdN7O15S2. The third kappa shape index (κ3) is 25.2. The Morgan fingerprint density at radius 2 is 1.19 bits per heavy atom. The first-order valence-electron chi connectivity index (χ1n) is 31.3. The van der Waals surface area contributed by atoms with Crippen molar-refractivity contribution in [3.8, 4) is 0 Å². The number of aryl methyl sites for hydroxylation is 1. The van der Waals surface area contributed by atoms with E-state index >= 15 is 4.39 Å². The molecule has 1 fully saturated rings. The van der Waals surface area contributed by atoms with Crippen molar-refractivity contribution < 1.29 is 192 Å². The Labute approximate surface area is 611 Å². The molecule has 0 aromatic carbocycles. The molecule has 102 heavy (non-hydrogen) atoms. The van der Waals surface area contributed by atoms with Crippen LogP contribution in [0.15, 0.2) is 22.9 Å². The van der Waals surface area contributed by atoms with E-state index in [0.717, 1.165) is 29.8 Å². The van der Waals surface area contributed by atoms with E-state index in [9.17, 15) is 142 Å². The normalized spacial score (nSPS) is 22.5. The number of β-amino-alcohol motifs (C(OH)–C–C–N with tert-alkyl or cyclic N) is 1. The number of carbonyl (C=O) groups excluding carboxylic acids is 3. The van der Waals surface area contributed by atoms with Crippen molar-refractivity contribution >= 4 is 63.0 Å². The summed E-state index contributed by atoms with van der Waals surface area (Å²) in [6.07, 6.45) is -9.49. The van der Waals surface area contributed by atoms with Crippen LogP contribution in [-0.4, -0.2) is 273 Å². The van der Waals surface area contributed by atoms with E-state index in [1.54, 1.807) is 31.1 Å². The standard InChI is InChI=1S/C33H47F17N6O10S.C26H38FNO5S.Gd/c1-2-56(67(65,66)33(49,50)31(44,45)29(40,41)27(36,37)26(34,35)28(38,39)30(42,43)32(46,47)48)7-5-3-4-6-22(58)51-16-21(57)17-52-8-10-53(18-23(59)60)12-14-55(20-25(63)64)15-13-54(11-9-52)19-24(61)62;1-15-8-7-9-16(2)24(31)17(3)25(32)26(5,6)22(29)13-23(30)33-21(11-10-15)20(27)12-19-14-34-18(4)28-19;/h21,57H,2-20H2,1H3,(H,51,58)(H,59,60)(H,61,62)(H,63,64);10,12,14,16-17,21-22,24,29,31H,7-9,11,13H2,1-6H3;/b;15-10-,20-12-;/t;16-,17+,21-,22-,24-;/m.0./s1. The summed E-state index contributed by atoms with van der Waals surface area (Å²) in [6, 6.07) is 0. The number of carboxylic acids is 3. The number of aliphatic hydroxyl groups is 3. The van der Waals surface area contributed by atoms with Crippen molar-refractivity contribution in [3.63, 3.8) is 0 Å². The molecule has 0 aliphatic carbocycles. The summed E-state index contributed by atoms with van der Waals surface area (Å²) >= 11 is 1.40. The number of cyclic esters (lactones) is 1. The first kappa shape index (κ1) is 95.8. The number of thiazole rings is 1. The van der Waals surface area contributed by atoms with Gasteiger partial charge in [-0.2, -0.15) is 78.9 Å². The number of ether oxygens (including phenoxy) is 1. The van der Waals surface area contributed by atoms with E-state index < -0.39 is 198 Å². The molecule has 3 heterocycles. The van der Waals surface area contributed by atoms with Crippen molar-refractivity contribution in [2.75, 3.05) is 98.2 Å². The van der Waals surface area contributed by atoms with Gasteiger partial charge < -0.3 is 40.7 Å². The maximum Gasteiger partial charge on any atom is 0.460 e. The number of nitrogens with one attached hydrogen (secondary N) is 1. The fourth-order valence-corrected chi connectivity index (χ4v) is 12.4. The average molecular weight is 1700 g/mol. The van der Waals surface area contributed by atoms with E-state index in [1.165, 1.54) is 32.1 Å². The van der Waals surface area contributed by atoms with Crippen LogP contribution in [0.1, 0.15) is 110 Å². The van der Waals surface area contributed by atoms with Gasteiger partial charge >= 0.3 is 70.8 Å². The van der Waals surface area contributed by atoms with E-state index in [2.05, 4.69) is 10.3 Å². The molecule has 1 saturated heterocycles. The third-order valence-corrected chi connectivity index (χ3v) is 19.6. The number of amides is 1. The van der Waals surface area contributed by atoms with Gasteiger partial charge in [0.1, 0.15) is 11.6 Å². The van der Waals surface area contributed by atoms with Gasteiger partial charge in [0, 0.05) is 149 Å². The van der Waals surface area contributed by atoms with E-state index in [1.807, 2.05) is 26.8 Å². The molecule has 0 radical (unpaired) electrons. The van der Waals surface area contributed by atoms with Crippen LogP contribution in [0.5, 0.6) is 0 Å². The summed E-state index contributed by atoms with van der Waals surface area (Å²) in [5.41, 5.74) is 0.198. The molecule has 0 spiro atoms. The number of sulfonamides is 1. The zero-order chi connectivity index (χ0) is 78.0. The number of hydrogen-bond donors (Lipinski definition) is 7. The molecule has 43 heteroatoms. The minimum absolute atomic E-state index is 0. The summed E-state index contributed by atoms with van der Waals surface area (Å²) in [5, 5.41) is 57.2. The second-order valence-corrected chi connectivity index (χ2v) is 28.1. The Morgan fingerprint density at radius 3 is 1.62 bits per heavy atom. The SMILES string of the molecule is C/C1=C/C[C@@H](/C(F)=C/c2csc(C)n2)OC(=O)C[C@H](O)C(C)(C)C(=O)[C@H](C)[C@@H](O)[C@@H](C)CCC1.CCN(CCCCCC(=O)NCC(O)CN1CCN(CC(=O)O)CCN(CC(=O)O)CCN(CC(=O)O)CC1)S(=O)(=O)C(F)(F)C(F)(F)C(F)(F)C(F)(F)C(F)(F)C(F)(F)C(F)(F)C(F)(F)F.[Gd]. The molecule has 2 aliphatic heterocycles. The molecule has 1 unspecified atom stereocenters. The quantitative estimate of drug-likeness (QED) is 0.0188. The van der Waals surface area contributed by atoms with Gasteiger partial charge in [-0.05, 0) is 51.9 Å². The number of carboxylic acid groups (broad SMARTS) is 3. The van der Waals surface area contributed by atoms with E-state index in [-0.39, 0.29) is 123 Å². The number of ketones is 1. The molecule has 2 aliphatic rings. The number of aliphatic carboxylic acids is 3. The zero-order valence-corrected chi connectivity index (χ0v) is 60.1. The summed E-state index contributed by atoms with van der Waals surface area (Å²) in [7, 11) is -7.47. The number of allylic oxidation sites excluding steroid dienone is 1. The predicted octanol–water partition coefficient (Wildman–Crippen LogP) is 8.29. The average Bonchev–Trinajstić information content (AvgIpc) is 0.953. The molecular weight excluding hydrogens is 1610 g/mol. The maximum atomic E-state index is 15.1. The summed E-state index contributed by atoms with van der Waals surface area (Å²) in [5.74, 6) is -59.2. The number of Topliss-reactive ketones (excluding diaryl/α,β-unsaturated/α-hetero) is 1. The molecule has 1 aromatic heterocycles. The number of unbranched alkanes of at least 4 members (excludes halogenated alkanes) is 2. The van der Waals surface area contributed by atoms with E-state index in [0.29, 0.717) is 12.6 Å². The Balaban J connectivity index is 0.00000124. The van der Waals surface area contributed by atoms with Gasteiger partial charge in [-0.15, -0.1) is 11.3 Å². The van der Waals surface area contributed by atoms with Crippen molar-refractivity contribution in [2.24, 2.45) is 17.3 Å². The molecule has 3 rings (SSSR count). The minimum Gasteiger partial charge on any atom is -0.480 e. The predicted molar refractivity (Wildman–Crippen MR) is 325 cm³/mol. The minimum atomic E-state index is -8.95. The van der Waals surface area contributed by atoms with Gasteiger partial charge in [0.2, 0.25) is 5.91 Å². The number of rotatable bonds is 27. The second-order valence-electron chi connectivity index (χ2n) is 25.1. The maximum absolute atomic E-state index is 15.1. The van der Waals surface area contributed by atoms with Crippen LogP contribution in [0.25, 0.3) is 6.08 Å². The Hall–Kier alpha value is -4.18. The number of aliphatic hydroxyl groups excluding tert-OH is 3. The second kappa shape index (κ2) is 39.6. The molecule has 7 N–H and O–H groups in total. The van der Waals surface area contributed by atoms with Crippen LogP contribution >= 0.6 is 11.3 Å². The van der Waals surface area contributed by atoms with Crippen LogP contribution in [0.2, 0.25) is 0 Å². The van der Waals surface area contributed by atoms with Crippen molar-refractivity contribution in [2.45, 2.75) is 178 Å². The van der Waals surface area contributed by atoms with Crippen LogP contribution in [0, 0.1) is 64.1 Å². The molecule has 22 nitrogen and oxygen atoms in total. The van der Waals surface area contributed by atoms with Crippen LogP contribution in [-0.2, 0) is 43.5 Å². The van der Waals surface area contributed by atoms with Crippen LogP contribution in [0.4, 0.5) is 79.0 Å². The van der Waals surface area contributed by atoms with Gasteiger partial charge in [0.05, 0.1) is 60.5 Å². The molecule has 6 atom stereocenters. The number of carbonyl (C=O) groups is 6. The number of esters is 1. The summed E-state index contributed by atoms with van der Waals surface area (Å²) in [6.45, 7) is 6.91. The zero-order valence-electron chi connectivity index (χ0n) is 56.2. The topological polar surface area (TPSA) is 308 Å². The number of halogens is 18. The van der Waals surface area contributed by atoms with Crippen LogP contribution in [0.3, 0.4) is 0 Å². The smallest absolute Gasteiger partial charge is 0.460 e. The Bertz CT molecular complexity index is 3070. The summed E-state index contributed by atoms with van der Waals surface area (Å²) in [4.78, 5) is 82.8. The van der Waals surface area contributed by atoms with Gasteiger partial charge in [-0.3, -0.25) is 48.4 Å². The molecule has 0 saturated carbocycles. The number of alkyl halides is 17. The monoisotopic (exact) mass is 1700 g/mol. The molecule has 592 valence electrons. The van der Waals surface area contributed by atoms with Crippen molar-refractivity contribution in [3.05, 3.63) is 33.6 Å². The van der Waals surface area contributed by atoms with Gasteiger partial charge in [0.25, 0.3) is 10.0 Å². The fourth-order valence-electron chi connectivity index (χ4n) is 10.4. The van der Waals surface area contributed by atoms with Gasteiger partial charge in [0.15, 0.2) is 6.10 Å². The molecule has 1 aromatic rings. The largest absolute Gasteiger partial charge is 0.480 e. The Kier molecular flexibility index (Phi) is 37.2. The molecule has 0 bridgehead atoms. The Morgan fingerprint density at radius 1 is 0.735 bits per heavy atom.